The van der Waals surface area contributed by atoms with Crippen molar-refractivity contribution >= 4 is 21.6 Å². The molecule has 0 aliphatic rings. The molecule has 2 aromatic rings. The molecule has 31 heavy (non-hydrogen) atoms. The third kappa shape index (κ3) is 8.49. The van der Waals surface area contributed by atoms with Crippen molar-refractivity contribution in [3.63, 3.8) is 0 Å². The Balaban J connectivity index is 1.74. The molecule has 2 rings (SSSR count). The highest BCUT2D eigenvalue weighted by Crippen LogP contribution is 2.22. The molecule has 0 bridgehead atoms. The summed E-state index contributed by atoms with van der Waals surface area (Å²) in [5.74, 6) is 1.44. The van der Waals surface area contributed by atoms with Crippen LogP contribution in [-0.2, 0) is 21.2 Å². The molecule has 0 fully saturated rings. The first-order valence-corrected chi connectivity index (χ1v) is 12.3. The lowest BCUT2D eigenvalue weighted by Crippen LogP contribution is -2.32. The summed E-state index contributed by atoms with van der Waals surface area (Å²) in [5, 5.41) is 2.90. The number of anilines is 1. The van der Waals surface area contributed by atoms with Crippen LogP contribution in [0.3, 0.4) is 0 Å². The normalized spacial score (nSPS) is 11.1. The van der Waals surface area contributed by atoms with Gasteiger partial charge in [-0.25, -0.2) is 8.42 Å². The molecule has 0 unspecified atom stereocenters. The van der Waals surface area contributed by atoms with E-state index < -0.39 is 10.0 Å². The van der Waals surface area contributed by atoms with E-state index in [-0.39, 0.29) is 18.9 Å². The van der Waals surface area contributed by atoms with Gasteiger partial charge in [-0.15, -0.1) is 0 Å². The molecule has 1 N–H and O–H groups in total. The molecule has 0 aliphatic heterocycles. The van der Waals surface area contributed by atoms with Crippen molar-refractivity contribution in [1.29, 1.82) is 0 Å². The molecule has 0 saturated carbocycles. The van der Waals surface area contributed by atoms with Gasteiger partial charge in [0.1, 0.15) is 11.5 Å². The lowest BCUT2D eigenvalue weighted by atomic mass is 10.1. The Morgan fingerprint density at radius 2 is 1.65 bits per heavy atom. The zero-order valence-corrected chi connectivity index (χ0v) is 19.3. The summed E-state index contributed by atoms with van der Waals surface area (Å²) in [7, 11) is -1.81. The summed E-state index contributed by atoms with van der Waals surface area (Å²) in [6.07, 6.45) is 3.57. The first-order chi connectivity index (χ1) is 14.8. The maximum absolute atomic E-state index is 12.2. The molecule has 0 atom stereocenters. The van der Waals surface area contributed by atoms with E-state index in [1.165, 1.54) is 16.1 Å². The van der Waals surface area contributed by atoms with Crippen molar-refractivity contribution in [2.24, 2.45) is 0 Å². The van der Waals surface area contributed by atoms with Gasteiger partial charge in [-0.05, 0) is 68.1 Å². The summed E-state index contributed by atoms with van der Waals surface area (Å²) in [6, 6.07) is 14.8. The second kappa shape index (κ2) is 12.2. The molecule has 0 heterocycles. The van der Waals surface area contributed by atoms with Gasteiger partial charge in [0, 0.05) is 19.5 Å². The average molecular weight is 449 g/mol. The molecule has 0 aliphatic carbocycles. The molecule has 7 nitrogen and oxygen atoms in total. The minimum absolute atomic E-state index is 0.0742. The van der Waals surface area contributed by atoms with Gasteiger partial charge < -0.3 is 14.8 Å². The third-order valence-corrected chi connectivity index (χ3v) is 5.92. The van der Waals surface area contributed by atoms with Gasteiger partial charge in [-0.1, -0.05) is 12.1 Å². The predicted octanol–water partition coefficient (Wildman–Crippen LogP) is 3.39. The summed E-state index contributed by atoms with van der Waals surface area (Å²) in [5.41, 5.74) is 1.75. The van der Waals surface area contributed by atoms with Crippen LogP contribution in [0.2, 0.25) is 0 Å². The number of hydrogen-bond donors (Lipinski definition) is 1. The number of hydrogen-bond acceptors (Lipinski definition) is 5. The van der Waals surface area contributed by atoms with Crippen LogP contribution in [0.1, 0.15) is 31.7 Å². The van der Waals surface area contributed by atoms with E-state index in [9.17, 15) is 13.2 Å². The lowest BCUT2D eigenvalue weighted by molar-refractivity contribution is -0.121. The fourth-order valence-electron chi connectivity index (χ4n) is 3.15. The number of carbonyl (C=O) groups excluding carboxylic acids is 1. The van der Waals surface area contributed by atoms with Crippen LogP contribution < -0.4 is 19.1 Å². The summed E-state index contributed by atoms with van der Waals surface area (Å²) in [6.45, 7) is 3.26. The van der Waals surface area contributed by atoms with Gasteiger partial charge in [-0.2, -0.15) is 0 Å². The average Bonchev–Trinajstić information content (AvgIpc) is 2.75. The summed E-state index contributed by atoms with van der Waals surface area (Å²) in [4.78, 5) is 12.1. The van der Waals surface area contributed by atoms with Crippen molar-refractivity contribution in [2.45, 2.75) is 32.6 Å². The highest BCUT2D eigenvalue weighted by Gasteiger charge is 2.17. The first kappa shape index (κ1) is 24.5. The number of ether oxygens (including phenoxy) is 2. The lowest BCUT2D eigenvalue weighted by Gasteiger charge is -2.22. The minimum atomic E-state index is -3.45. The standard InChI is InChI=1S/C23H32N2O5S/c1-4-30-22-15-11-20(12-16-22)25(31(3,27)28)18-6-8-23(26)24-17-5-7-19-9-13-21(29-2)14-10-19/h9-16H,4-8,17-18H2,1-3H3,(H,24,26). The van der Waals surface area contributed by atoms with Crippen molar-refractivity contribution in [3.05, 3.63) is 54.1 Å². The SMILES string of the molecule is CCOc1ccc(N(CCCC(=O)NCCCc2ccc(OC)cc2)S(C)(=O)=O)cc1. The molecule has 1 amide bonds. The van der Waals surface area contributed by atoms with Crippen LogP contribution in [0.4, 0.5) is 5.69 Å². The van der Waals surface area contributed by atoms with E-state index in [1.807, 2.05) is 31.2 Å². The molecule has 0 spiro atoms. The number of benzene rings is 2. The number of nitrogens with one attached hydrogen (secondary N) is 1. The van der Waals surface area contributed by atoms with E-state index in [2.05, 4.69) is 5.32 Å². The van der Waals surface area contributed by atoms with Gasteiger partial charge in [-0.3, -0.25) is 9.10 Å². The van der Waals surface area contributed by atoms with E-state index >= 15 is 0 Å². The number of nitrogens with zero attached hydrogens (tertiary/aromatic N) is 1. The van der Waals surface area contributed by atoms with Gasteiger partial charge in [0.05, 0.1) is 25.7 Å². The van der Waals surface area contributed by atoms with Crippen LogP contribution in [0.5, 0.6) is 11.5 Å². The smallest absolute Gasteiger partial charge is 0.232 e. The van der Waals surface area contributed by atoms with E-state index in [0.717, 1.165) is 18.6 Å². The van der Waals surface area contributed by atoms with Crippen LogP contribution in [0, 0.1) is 0 Å². The maximum Gasteiger partial charge on any atom is 0.232 e. The first-order valence-electron chi connectivity index (χ1n) is 10.4. The van der Waals surface area contributed by atoms with Crippen molar-refractivity contribution in [1.82, 2.24) is 5.32 Å². The number of amides is 1. The van der Waals surface area contributed by atoms with E-state index in [4.69, 9.17) is 9.47 Å². The number of methoxy groups -OCH3 is 1. The number of carbonyl (C=O) groups is 1. The molecule has 0 aromatic heterocycles. The molecule has 2 aromatic carbocycles. The van der Waals surface area contributed by atoms with Gasteiger partial charge >= 0.3 is 0 Å². The monoisotopic (exact) mass is 448 g/mol. The van der Waals surface area contributed by atoms with Gasteiger partial charge in [0.15, 0.2) is 0 Å². The Morgan fingerprint density at radius 1 is 1.00 bits per heavy atom. The van der Waals surface area contributed by atoms with Crippen molar-refractivity contribution in [2.75, 3.05) is 37.4 Å². The molecule has 0 radical (unpaired) electrons. The summed E-state index contributed by atoms with van der Waals surface area (Å²) >= 11 is 0. The van der Waals surface area contributed by atoms with E-state index in [1.54, 1.807) is 31.4 Å². The van der Waals surface area contributed by atoms with Crippen LogP contribution in [0.25, 0.3) is 0 Å². The van der Waals surface area contributed by atoms with Crippen molar-refractivity contribution < 1.29 is 22.7 Å². The van der Waals surface area contributed by atoms with Crippen LogP contribution >= 0.6 is 0 Å². The Hall–Kier alpha value is -2.74. The Bertz CT molecular complexity index is 912. The number of aryl methyl sites for hydroxylation is 1. The quantitative estimate of drug-likeness (QED) is 0.475. The van der Waals surface area contributed by atoms with Crippen LogP contribution in [-0.4, -0.2) is 47.4 Å². The molecule has 0 saturated heterocycles. The minimum Gasteiger partial charge on any atom is -0.497 e. The topological polar surface area (TPSA) is 84.9 Å². The number of rotatable bonds is 13. The zero-order valence-electron chi connectivity index (χ0n) is 18.5. The van der Waals surface area contributed by atoms with Crippen LogP contribution in [0.15, 0.2) is 48.5 Å². The zero-order chi connectivity index (χ0) is 22.7. The third-order valence-electron chi connectivity index (χ3n) is 4.72. The summed E-state index contributed by atoms with van der Waals surface area (Å²) < 4.78 is 36.2. The molecular formula is C23H32N2O5S. The predicted molar refractivity (Wildman–Crippen MR) is 123 cm³/mol. The second-order valence-electron chi connectivity index (χ2n) is 7.17. The Kier molecular flexibility index (Phi) is 9.65. The fraction of sp³-hybridized carbons (Fsp3) is 0.435. The highest BCUT2D eigenvalue weighted by molar-refractivity contribution is 7.92. The van der Waals surface area contributed by atoms with E-state index in [0.29, 0.717) is 31.0 Å². The van der Waals surface area contributed by atoms with Gasteiger partial charge in [0.25, 0.3) is 0 Å². The molecular weight excluding hydrogens is 416 g/mol. The van der Waals surface area contributed by atoms with Gasteiger partial charge in [0.2, 0.25) is 15.9 Å². The van der Waals surface area contributed by atoms with Crippen molar-refractivity contribution in [3.8, 4) is 11.5 Å². The molecule has 8 heteroatoms. The second-order valence-corrected chi connectivity index (χ2v) is 9.07. The Labute approximate surface area is 185 Å². The number of sulfonamides is 1. The highest BCUT2D eigenvalue weighted by atomic mass is 32.2. The maximum atomic E-state index is 12.2. The Morgan fingerprint density at radius 3 is 2.23 bits per heavy atom. The largest absolute Gasteiger partial charge is 0.497 e. The fourth-order valence-corrected chi connectivity index (χ4v) is 4.11. The molecule has 170 valence electrons.